The van der Waals surface area contributed by atoms with Crippen LogP contribution in [-0.4, -0.2) is 24.2 Å². The van der Waals surface area contributed by atoms with Crippen LogP contribution < -0.4 is 10.1 Å². The Labute approximate surface area is 134 Å². The van der Waals surface area contributed by atoms with Crippen LogP contribution in [0.4, 0.5) is 17.6 Å². The number of hydrogen-bond acceptors (Lipinski definition) is 3. The molecule has 0 aliphatic carbocycles. The van der Waals surface area contributed by atoms with Crippen molar-refractivity contribution in [3.8, 4) is 5.75 Å². The molecule has 4 nitrogen and oxygen atoms in total. The molecule has 0 radical (unpaired) electrons. The van der Waals surface area contributed by atoms with Crippen LogP contribution in [0.3, 0.4) is 0 Å². The topological polar surface area (TPSA) is 58.6 Å². The number of aliphatic hydroxyl groups excluding tert-OH is 1. The quantitative estimate of drug-likeness (QED) is 0.793. The summed E-state index contributed by atoms with van der Waals surface area (Å²) < 4.78 is 54.7. The van der Waals surface area contributed by atoms with Crippen LogP contribution in [0.15, 0.2) is 42.5 Å². The van der Waals surface area contributed by atoms with Crippen molar-refractivity contribution in [3.05, 3.63) is 65.2 Å². The van der Waals surface area contributed by atoms with E-state index >= 15 is 0 Å². The molecule has 0 heterocycles. The summed E-state index contributed by atoms with van der Waals surface area (Å²) in [6, 6.07) is 7.60. The highest BCUT2D eigenvalue weighted by Gasteiger charge is 2.15. The summed E-state index contributed by atoms with van der Waals surface area (Å²) in [6.07, 6.45) is -1.16. The van der Waals surface area contributed by atoms with Crippen LogP contribution in [-0.2, 0) is 0 Å². The summed E-state index contributed by atoms with van der Waals surface area (Å²) in [5.41, 5.74) is -0.153. The van der Waals surface area contributed by atoms with Crippen molar-refractivity contribution >= 4 is 5.91 Å². The smallest absolute Gasteiger partial charge is 0.387 e. The molecule has 1 unspecified atom stereocenters. The van der Waals surface area contributed by atoms with E-state index in [1.807, 2.05) is 0 Å². The average Bonchev–Trinajstić information content (AvgIpc) is 2.54. The van der Waals surface area contributed by atoms with Gasteiger partial charge in [-0.25, -0.2) is 8.78 Å². The second kappa shape index (κ2) is 7.78. The number of rotatable bonds is 6. The van der Waals surface area contributed by atoms with Gasteiger partial charge in [0.05, 0.1) is 11.7 Å². The molecule has 0 aliphatic rings. The Morgan fingerprint density at radius 2 is 1.79 bits per heavy atom. The van der Waals surface area contributed by atoms with Crippen LogP contribution in [0.1, 0.15) is 22.0 Å². The number of hydrogen-bond donors (Lipinski definition) is 2. The molecular weight excluding hydrogens is 330 g/mol. The first-order valence-electron chi connectivity index (χ1n) is 6.83. The molecule has 24 heavy (non-hydrogen) atoms. The largest absolute Gasteiger partial charge is 0.435 e. The summed E-state index contributed by atoms with van der Waals surface area (Å²) in [6.45, 7) is -3.23. The van der Waals surface area contributed by atoms with Gasteiger partial charge in [-0.05, 0) is 35.9 Å². The van der Waals surface area contributed by atoms with Crippen molar-refractivity contribution in [1.29, 1.82) is 0 Å². The molecule has 0 saturated heterocycles. The third-order valence-electron chi connectivity index (χ3n) is 3.12. The Bertz CT molecular complexity index is 707. The molecule has 2 aromatic rings. The Kier molecular flexibility index (Phi) is 5.75. The fourth-order valence-corrected chi connectivity index (χ4v) is 1.95. The summed E-state index contributed by atoms with van der Waals surface area (Å²) in [5.74, 6) is -2.62. The molecule has 0 bridgehead atoms. The van der Waals surface area contributed by atoms with Gasteiger partial charge in [-0.1, -0.05) is 12.1 Å². The Balaban J connectivity index is 1.96. The highest BCUT2D eigenvalue weighted by molar-refractivity contribution is 5.94. The number of halogens is 4. The molecule has 1 atom stereocenters. The number of ether oxygens (including phenoxy) is 1. The molecule has 0 saturated carbocycles. The van der Waals surface area contributed by atoms with Gasteiger partial charge in [0.25, 0.3) is 5.91 Å². The summed E-state index contributed by atoms with van der Waals surface area (Å²) in [7, 11) is 0. The monoisotopic (exact) mass is 343 g/mol. The normalized spacial score (nSPS) is 12.1. The predicted octanol–water partition coefficient (Wildman–Crippen LogP) is 3.03. The summed E-state index contributed by atoms with van der Waals surface area (Å²) >= 11 is 0. The third-order valence-corrected chi connectivity index (χ3v) is 3.12. The minimum Gasteiger partial charge on any atom is -0.435 e. The molecular formula is C16H13F4NO3. The molecule has 1 amide bonds. The van der Waals surface area contributed by atoms with E-state index < -0.39 is 35.8 Å². The van der Waals surface area contributed by atoms with E-state index in [0.717, 1.165) is 18.2 Å². The minimum absolute atomic E-state index is 0.0770. The maximum absolute atomic E-state index is 13.5. The molecule has 2 aromatic carbocycles. The van der Waals surface area contributed by atoms with E-state index in [4.69, 9.17) is 0 Å². The fraction of sp³-hybridized carbons (Fsp3) is 0.188. The van der Waals surface area contributed by atoms with E-state index in [-0.39, 0.29) is 12.3 Å². The zero-order valence-corrected chi connectivity index (χ0v) is 12.2. The number of nitrogens with one attached hydrogen (secondary N) is 1. The van der Waals surface area contributed by atoms with Crippen LogP contribution >= 0.6 is 0 Å². The maximum atomic E-state index is 13.5. The zero-order chi connectivity index (χ0) is 17.7. The molecule has 2 rings (SSSR count). The van der Waals surface area contributed by atoms with Gasteiger partial charge in [0.15, 0.2) is 0 Å². The van der Waals surface area contributed by atoms with Crippen molar-refractivity contribution in [2.24, 2.45) is 0 Å². The summed E-state index contributed by atoms with van der Waals surface area (Å²) in [4.78, 5) is 11.8. The van der Waals surface area contributed by atoms with Crippen molar-refractivity contribution in [1.82, 2.24) is 5.32 Å². The molecule has 2 N–H and O–H groups in total. The summed E-state index contributed by atoms with van der Waals surface area (Å²) in [5, 5.41) is 12.2. The third kappa shape index (κ3) is 4.69. The maximum Gasteiger partial charge on any atom is 0.387 e. The van der Waals surface area contributed by atoms with Gasteiger partial charge in [0.2, 0.25) is 0 Å². The number of alkyl halides is 2. The Morgan fingerprint density at radius 3 is 2.42 bits per heavy atom. The van der Waals surface area contributed by atoms with Crippen LogP contribution in [0.25, 0.3) is 0 Å². The van der Waals surface area contributed by atoms with Crippen molar-refractivity contribution < 1.29 is 32.2 Å². The second-order valence-electron chi connectivity index (χ2n) is 4.80. The zero-order valence-electron chi connectivity index (χ0n) is 12.2. The lowest BCUT2D eigenvalue weighted by molar-refractivity contribution is -0.0498. The lowest BCUT2D eigenvalue weighted by atomic mass is 10.1. The molecule has 0 aromatic heterocycles. The van der Waals surface area contributed by atoms with Crippen molar-refractivity contribution in [2.45, 2.75) is 12.7 Å². The van der Waals surface area contributed by atoms with Gasteiger partial charge in [-0.15, -0.1) is 0 Å². The van der Waals surface area contributed by atoms with E-state index in [1.54, 1.807) is 0 Å². The van der Waals surface area contributed by atoms with E-state index in [0.29, 0.717) is 5.56 Å². The Hall–Kier alpha value is -2.61. The Morgan fingerprint density at radius 1 is 1.12 bits per heavy atom. The van der Waals surface area contributed by atoms with Gasteiger partial charge in [0.1, 0.15) is 17.4 Å². The van der Waals surface area contributed by atoms with Crippen LogP contribution in [0.2, 0.25) is 0 Å². The number of amides is 1. The van der Waals surface area contributed by atoms with Gasteiger partial charge >= 0.3 is 6.61 Å². The number of aliphatic hydroxyl groups is 1. The first-order chi connectivity index (χ1) is 11.4. The standard InChI is InChI=1S/C16H13F4NO3/c17-10-3-6-13(18)12(7-10)15(23)21-8-14(22)9-1-4-11(5-2-9)24-16(19)20/h1-7,14,16,22H,8H2,(H,21,23). The number of carbonyl (C=O) groups is 1. The number of benzene rings is 2. The average molecular weight is 343 g/mol. The van der Waals surface area contributed by atoms with Crippen LogP contribution in [0.5, 0.6) is 5.75 Å². The van der Waals surface area contributed by atoms with E-state index in [2.05, 4.69) is 10.1 Å². The lowest BCUT2D eigenvalue weighted by Crippen LogP contribution is -2.29. The van der Waals surface area contributed by atoms with E-state index in [1.165, 1.54) is 24.3 Å². The van der Waals surface area contributed by atoms with Gasteiger partial charge < -0.3 is 15.2 Å². The first-order valence-corrected chi connectivity index (χ1v) is 6.83. The molecule has 8 heteroatoms. The molecule has 0 aliphatic heterocycles. The van der Waals surface area contributed by atoms with Gasteiger partial charge in [-0.2, -0.15) is 8.78 Å². The SMILES string of the molecule is O=C(NCC(O)c1ccc(OC(F)F)cc1)c1cc(F)ccc1F. The second-order valence-corrected chi connectivity index (χ2v) is 4.80. The fourth-order valence-electron chi connectivity index (χ4n) is 1.95. The van der Waals surface area contributed by atoms with Crippen molar-refractivity contribution in [2.75, 3.05) is 6.54 Å². The highest BCUT2D eigenvalue weighted by Crippen LogP contribution is 2.19. The van der Waals surface area contributed by atoms with Crippen molar-refractivity contribution in [3.63, 3.8) is 0 Å². The van der Waals surface area contributed by atoms with Crippen LogP contribution in [0, 0.1) is 11.6 Å². The predicted molar refractivity (Wildman–Crippen MR) is 76.7 cm³/mol. The molecule has 0 fully saturated rings. The first kappa shape index (κ1) is 17.7. The number of carbonyl (C=O) groups excluding carboxylic acids is 1. The molecule has 0 spiro atoms. The van der Waals surface area contributed by atoms with Gasteiger partial charge in [0, 0.05) is 6.54 Å². The van der Waals surface area contributed by atoms with E-state index in [9.17, 15) is 27.5 Å². The minimum atomic E-state index is -2.96. The molecule has 128 valence electrons. The van der Waals surface area contributed by atoms with Gasteiger partial charge in [-0.3, -0.25) is 4.79 Å². The highest BCUT2D eigenvalue weighted by atomic mass is 19.3. The lowest BCUT2D eigenvalue weighted by Gasteiger charge is -2.13.